The summed E-state index contributed by atoms with van der Waals surface area (Å²) in [7, 11) is -3.79. The van der Waals surface area contributed by atoms with Crippen molar-refractivity contribution in [2.45, 2.75) is 18.7 Å². The fourth-order valence-electron chi connectivity index (χ4n) is 1.57. The van der Waals surface area contributed by atoms with E-state index in [9.17, 15) is 8.42 Å². The maximum Gasteiger partial charge on any atom is 0.262 e. The number of aromatic nitrogens is 1. The van der Waals surface area contributed by atoms with Crippen molar-refractivity contribution < 1.29 is 8.42 Å². The van der Waals surface area contributed by atoms with Crippen LogP contribution in [0.3, 0.4) is 0 Å². The van der Waals surface area contributed by atoms with E-state index in [4.69, 9.17) is 16.9 Å². The number of halogens is 1. The number of nitrogens with one attached hydrogen (secondary N) is 1. The predicted molar refractivity (Wildman–Crippen MR) is 78.6 cm³/mol. The van der Waals surface area contributed by atoms with Gasteiger partial charge in [-0.3, -0.25) is 4.72 Å². The van der Waals surface area contributed by atoms with Gasteiger partial charge >= 0.3 is 0 Å². The van der Waals surface area contributed by atoms with Crippen LogP contribution in [0.25, 0.3) is 0 Å². The molecule has 0 spiro atoms. The van der Waals surface area contributed by atoms with Crippen LogP contribution in [0, 0.1) is 25.2 Å². The van der Waals surface area contributed by atoms with Gasteiger partial charge in [0.05, 0.1) is 10.5 Å². The number of nitriles is 1. The lowest BCUT2D eigenvalue weighted by Gasteiger charge is -2.06. The van der Waals surface area contributed by atoms with Crippen molar-refractivity contribution in [2.75, 3.05) is 4.72 Å². The minimum absolute atomic E-state index is 0.00472. The predicted octanol–water partition coefficient (Wildman–Crippen LogP) is 3.09. The number of nitrogens with zero attached hydrogens (tertiary/aromatic N) is 2. The summed E-state index contributed by atoms with van der Waals surface area (Å²) in [6.07, 6.45) is 1.31. The quantitative estimate of drug-likeness (QED) is 0.878. The van der Waals surface area contributed by atoms with Gasteiger partial charge in [-0.2, -0.15) is 5.26 Å². The van der Waals surface area contributed by atoms with Crippen molar-refractivity contribution in [1.82, 2.24) is 4.98 Å². The first-order valence-corrected chi connectivity index (χ1v) is 8.17. The van der Waals surface area contributed by atoms with E-state index in [2.05, 4.69) is 9.71 Å². The molecule has 8 heteroatoms. The molecule has 0 saturated heterocycles. The lowest BCUT2D eigenvalue weighted by molar-refractivity contribution is 0.601. The second kappa shape index (κ2) is 5.40. The molecule has 2 rings (SSSR count). The third-order valence-corrected chi connectivity index (χ3v) is 5.54. The lowest BCUT2D eigenvalue weighted by Crippen LogP contribution is -2.13. The highest BCUT2D eigenvalue weighted by atomic mass is 35.5. The van der Waals surface area contributed by atoms with Crippen molar-refractivity contribution in [1.29, 1.82) is 5.26 Å². The average molecular weight is 328 g/mol. The van der Waals surface area contributed by atoms with E-state index in [1.54, 1.807) is 6.92 Å². The Bertz CT molecular complexity index is 807. The Kier molecular flexibility index (Phi) is 3.99. The van der Waals surface area contributed by atoms with Gasteiger partial charge in [0.25, 0.3) is 10.0 Å². The van der Waals surface area contributed by atoms with Crippen LogP contribution >= 0.6 is 22.9 Å². The van der Waals surface area contributed by atoms with E-state index in [0.717, 1.165) is 10.4 Å². The van der Waals surface area contributed by atoms with Gasteiger partial charge in [-0.05, 0) is 31.5 Å². The molecule has 0 saturated carbocycles. The zero-order valence-electron chi connectivity index (χ0n) is 10.6. The standard InChI is InChI=1S/C12H10ClN3O2S2/c1-7-8(2)19-12(10(7)6-14)16-20(17,18)9-3-4-15-11(13)5-9/h3-5,16H,1-2H3. The van der Waals surface area contributed by atoms with Crippen molar-refractivity contribution in [3.8, 4) is 6.07 Å². The highest BCUT2D eigenvalue weighted by Crippen LogP contribution is 2.33. The summed E-state index contributed by atoms with van der Waals surface area (Å²) >= 11 is 6.92. The molecule has 0 aliphatic heterocycles. The Morgan fingerprint density at radius 1 is 1.45 bits per heavy atom. The van der Waals surface area contributed by atoms with E-state index < -0.39 is 10.0 Å². The van der Waals surface area contributed by atoms with Crippen LogP contribution in [0.1, 0.15) is 16.0 Å². The van der Waals surface area contributed by atoms with Gasteiger partial charge in [0.15, 0.2) is 0 Å². The average Bonchev–Trinajstić information content (AvgIpc) is 2.63. The zero-order chi connectivity index (χ0) is 14.9. The molecule has 0 aliphatic carbocycles. The molecule has 0 aliphatic rings. The molecule has 2 aromatic heterocycles. The van der Waals surface area contributed by atoms with Gasteiger partial charge in [-0.15, -0.1) is 11.3 Å². The number of hydrogen-bond acceptors (Lipinski definition) is 5. The topological polar surface area (TPSA) is 82.8 Å². The molecule has 0 unspecified atom stereocenters. The third-order valence-electron chi connectivity index (χ3n) is 2.73. The normalized spacial score (nSPS) is 11.1. The molecule has 5 nitrogen and oxygen atoms in total. The van der Waals surface area contributed by atoms with Gasteiger partial charge in [-0.25, -0.2) is 13.4 Å². The minimum atomic E-state index is -3.79. The first-order chi connectivity index (χ1) is 9.35. The first-order valence-electron chi connectivity index (χ1n) is 5.49. The van der Waals surface area contributed by atoms with Crippen molar-refractivity contribution in [3.05, 3.63) is 39.5 Å². The largest absolute Gasteiger partial charge is 0.269 e. The van der Waals surface area contributed by atoms with E-state index in [1.165, 1.54) is 29.7 Å². The van der Waals surface area contributed by atoms with Crippen molar-refractivity contribution in [2.24, 2.45) is 0 Å². The smallest absolute Gasteiger partial charge is 0.262 e. The van der Waals surface area contributed by atoms with E-state index >= 15 is 0 Å². The Balaban J connectivity index is 2.44. The van der Waals surface area contributed by atoms with Crippen LogP contribution < -0.4 is 4.72 Å². The number of anilines is 1. The van der Waals surface area contributed by atoms with Crippen LogP contribution in [0.4, 0.5) is 5.00 Å². The SMILES string of the molecule is Cc1sc(NS(=O)(=O)c2ccnc(Cl)c2)c(C#N)c1C. The number of pyridine rings is 1. The Hall–Kier alpha value is -1.62. The molecule has 0 fully saturated rings. The van der Waals surface area contributed by atoms with Gasteiger partial charge < -0.3 is 0 Å². The molecule has 2 aromatic rings. The van der Waals surface area contributed by atoms with Crippen molar-refractivity contribution in [3.63, 3.8) is 0 Å². The zero-order valence-corrected chi connectivity index (χ0v) is 13.0. The third kappa shape index (κ3) is 2.77. The fourth-order valence-corrected chi connectivity index (χ4v) is 4.13. The summed E-state index contributed by atoms with van der Waals surface area (Å²) in [4.78, 5) is 4.64. The molecular formula is C12H10ClN3O2S2. The van der Waals surface area contributed by atoms with Gasteiger partial charge in [0.2, 0.25) is 0 Å². The van der Waals surface area contributed by atoms with E-state index in [-0.39, 0.29) is 10.0 Å². The summed E-state index contributed by atoms with van der Waals surface area (Å²) in [5, 5.41) is 9.52. The molecular weight excluding hydrogens is 318 g/mol. The Morgan fingerprint density at radius 3 is 2.75 bits per heavy atom. The van der Waals surface area contributed by atoms with Gasteiger partial charge in [-0.1, -0.05) is 11.6 Å². The van der Waals surface area contributed by atoms with Crippen LogP contribution in [-0.4, -0.2) is 13.4 Å². The fraction of sp³-hybridized carbons (Fsp3) is 0.167. The summed E-state index contributed by atoms with van der Waals surface area (Å²) in [6.45, 7) is 3.62. The van der Waals surface area contributed by atoms with Crippen LogP contribution in [0.2, 0.25) is 5.15 Å². The maximum atomic E-state index is 12.2. The maximum absolute atomic E-state index is 12.2. The summed E-state index contributed by atoms with van der Waals surface area (Å²) < 4.78 is 26.9. The molecule has 2 heterocycles. The van der Waals surface area contributed by atoms with Crippen LogP contribution in [0.15, 0.2) is 23.2 Å². The molecule has 0 bridgehead atoms. The molecule has 0 amide bonds. The molecule has 0 aromatic carbocycles. The Labute approximate surface area is 125 Å². The molecule has 104 valence electrons. The number of rotatable bonds is 3. The van der Waals surface area contributed by atoms with E-state index in [0.29, 0.717) is 10.6 Å². The van der Waals surface area contributed by atoms with Crippen LogP contribution in [-0.2, 0) is 10.0 Å². The van der Waals surface area contributed by atoms with Gasteiger partial charge in [0, 0.05) is 11.1 Å². The number of thiophene rings is 1. The summed E-state index contributed by atoms with van der Waals surface area (Å²) in [6, 6.07) is 4.61. The van der Waals surface area contributed by atoms with E-state index in [1.807, 2.05) is 13.0 Å². The number of sulfonamides is 1. The Morgan fingerprint density at radius 2 is 2.15 bits per heavy atom. The highest BCUT2D eigenvalue weighted by Gasteiger charge is 2.20. The van der Waals surface area contributed by atoms with Crippen LogP contribution in [0.5, 0.6) is 0 Å². The highest BCUT2D eigenvalue weighted by molar-refractivity contribution is 7.93. The van der Waals surface area contributed by atoms with Crippen molar-refractivity contribution >= 4 is 38.0 Å². The van der Waals surface area contributed by atoms with Gasteiger partial charge in [0.1, 0.15) is 16.2 Å². The second-order valence-corrected chi connectivity index (χ2v) is 7.31. The molecule has 1 N–H and O–H groups in total. The minimum Gasteiger partial charge on any atom is -0.269 e. The lowest BCUT2D eigenvalue weighted by atomic mass is 10.2. The number of aryl methyl sites for hydroxylation is 1. The molecule has 0 atom stereocenters. The summed E-state index contributed by atoms with van der Waals surface area (Å²) in [5.41, 5.74) is 1.12. The monoisotopic (exact) mass is 327 g/mol. The summed E-state index contributed by atoms with van der Waals surface area (Å²) in [5.74, 6) is 0. The molecule has 0 radical (unpaired) electrons. The first kappa shape index (κ1) is 14.8. The molecule has 20 heavy (non-hydrogen) atoms. The second-order valence-electron chi connectivity index (χ2n) is 4.02. The number of hydrogen-bond donors (Lipinski definition) is 1.